The fourth-order valence-corrected chi connectivity index (χ4v) is 2.00. The van der Waals surface area contributed by atoms with Gasteiger partial charge in [-0.3, -0.25) is 4.79 Å². The second-order valence-electron chi connectivity index (χ2n) is 4.56. The summed E-state index contributed by atoms with van der Waals surface area (Å²) in [6.45, 7) is 4.97. The molecule has 0 saturated heterocycles. The van der Waals surface area contributed by atoms with E-state index in [0.717, 1.165) is 25.3 Å². The molecule has 1 fully saturated rings. The van der Waals surface area contributed by atoms with Crippen molar-refractivity contribution in [2.24, 2.45) is 5.92 Å². The van der Waals surface area contributed by atoms with Gasteiger partial charge in [-0.1, -0.05) is 6.92 Å². The van der Waals surface area contributed by atoms with E-state index in [0.29, 0.717) is 17.6 Å². The molecule has 2 N–H and O–H groups in total. The van der Waals surface area contributed by atoms with E-state index in [9.17, 15) is 4.79 Å². The van der Waals surface area contributed by atoms with Crippen molar-refractivity contribution in [3.8, 4) is 0 Å². The molecule has 1 saturated carbocycles. The number of hydrogen-bond donors (Lipinski definition) is 2. The first-order valence-corrected chi connectivity index (χ1v) is 6.05. The third-order valence-electron chi connectivity index (χ3n) is 2.95. The highest BCUT2D eigenvalue weighted by Gasteiger charge is 2.27. The Hall–Kier alpha value is -1.65. The van der Waals surface area contributed by atoms with Gasteiger partial charge in [-0.2, -0.15) is 0 Å². The van der Waals surface area contributed by atoms with Crippen molar-refractivity contribution in [1.82, 2.24) is 15.3 Å². The minimum atomic E-state index is -0.127. The Morgan fingerprint density at radius 1 is 1.41 bits per heavy atom. The number of nitrogens with one attached hydrogen (secondary N) is 2. The standard InChI is InChI=1S/C12H18N4O/c1-3-13-11-7-14-10(6-15-11)12(17)16-9-4-8(2)5-9/h6-9H,3-5H2,1-2H3,(H,13,15)(H,16,17). The van der Waals surface area contributed by atoms with Crippen LogP contribution in [0.15, 0.2) is 12.4 Å². The lowest BCUT2D eigenvalue weighted by molar-refractivity contribution is 0.0890. The molecular formula is C12H18N4O. The molecule has 5 heteroatoms. The maximum atomic E-state index is 11.8. The molecule has 2 rings (SSSR count). The van der Waals surface area contributed by atoms with Gasteiger partial charge in [0.15, 0.2) is 0 Å². The van der Waals surface area contributed by atoms with Crippen molar-refractivity contribution in [2.45, 2.75) is 32.7 Å². The predicted octanol–water partition coefficient (Wildman–Crippen LogP) is 1.44. The van der Waals surface area contributed by atoms with E-state index in [2.05, 4.69) is 27.5 Å². The zero-order chi connectivity index (χ0) is 12.3. The average molecular weight is 234 g/mol. The minimum absolute atomic E-state index is 0.127. The smallest absolute Gasteiger partial charge is 0.271 e. The molecule has 1 aliphatic carbocycles. The zero-order valence-corrected chi connectivity index (χ0v) is 10.2. The highest BCUT2D eigenvalue weighted by atomic mass is 16.1. The highest BCUT2D eigenvalue weighted by molar-refractivity contribution is 5.92. The monoisotopic (exact) mass is 234 g/mol. The molecule has 0 aromatic carbocycles. The number of amides is 1. The zero-order valence-electron chi connectivity index (χ0n) is 10.2. The van der Waals surface area contributed by atoms with E-state index in [4.69, 9.17) is 0 Å². The molecule has 1 aliphatic rings. The summed E-state index contributed by atoms with van der Waals surface area (Å²) in [5.41, 5.74) is 0.381. The Bertz CT molecular complexity index is 384. The van der Waals surface area contributed by atoms with Gasteiger partial charge in [-0.15, -0.1) is 0 Å². The van der Waals surface area contributed by atoms with Gasteiger partial charge >= 0.3 is 0 Å². The van der Waals surface area contributed by atoms with E-state index in [-0.39, 0.29) is 5.91 Å². The van der Waals surface area contributed by atoms with Crippen LogP contribution in [0.5, 0.6) is 0 Å². The summed E-state index contributed by atoms with van der Waals surface area (Å²) in [6, 6.07) is 0.313. The van der Waals surface area contributed by atoms with E-state index >= 15 is 0 Å². The normalized spacial score (nSPS) is 22.7. The van der Waals surface area contributed by atoms with Crippen LogP contribution in [0.2, 0.25) is 0 Å². The fourth-order valence-electron chi connectivity index (χ4n) is 2.00. The summed E-state index contributed by atoms with van der Waals surface area (Å²) in [5, 5.41) is 5.99. The largest absolute Gasteiger partial charge is 0.369 e. The lowest BCUT2D eigenvalue weighted by Crippen LogP contribution is -2.43. The molecule has 1 aromatic rings. The third kappa shape index (κ3) is 2.93. The van der Waals surface area contributed by atoms with Crippen molar-refractivity contribution in [1.29, 1.82) is 0 Å². The van der Waals surface area contributed by atoms with Crippen molar-refractivity contribution >= 4 is 11.7 Å². The number of rotatable bonds is 4. The molecule has 1 heterocycles. The lowest BCUT2D eigenvalue weighted by Gasteiger charge is -2.33. The topological polar surface area (TPSA) is 66.9 Å². The SMILES string of the molecule is CCNc1cnc(C(=O)NC2CC(C)C2)cn1. The molecular weight excluding hydrogens is 216 g/mol. The molecule has 0 bridgehead atoms. The molecule has 0 atom stereocenters. The molecule has 5 nitrogen and oxygen atoms in total. The summed E-state index contributed by atoms with van der Waals surface area (Å²) < 4.78 is 0. The first kappa shape index (κ1) is 11.8. The van der Waals surface area contributed by atoms with Crippen molar-refractivity contribution in [3.05, 3.63) is 18.1 Å². The number of anilines is 1. The van der Waals surface area contributed by atoms with Crippen LogP contribution in [0, 0.1) is 5.92 Å². The van der Waals surface area contributed by atoms with Crippen LogP contribution in [0.1, 0.15) is 37.2 Å². The Morgan fingerprint density at radius 2 is 2.18 bits per heavy atom. The fraction of sp³-hybridized carbons (Fsp3) is 0.583. The van der Waals surface area contributed by atoms with Crippen LogP contribution in [0.4, 0.5) is 5.82 Å². The number of nitrogens with zero attached hydrogens (tertiary/aromatic N) is 2. The van der Waals surface area contributed by atoms with Gasteiger partial charge in [0.25, 0.3) is 5.91 Å². The van der Waals surface area contributed by atoms with Crippen LogP contribution < -0.4 is 10.6 Å². The molecule has 1 aromatic heterocycles. The van der Waals surface area contributed by atoms with E-state index in [1.54, 1.807) is 6.20 Å². The second-order valence-corrected chi connectivity index (χ2v) is 4.56. The minimum Gasteiger partial charge on any atom is -0.369 e. The number of carbonyl (C=O) groups is 1. The number of hydrogen-bond acceptors (Lipinski definition) is 4. The van der Waals surface area contributed by atoms with Crippen molar-refractivity contribution in [2.75, 3.05) is 11.9 Å². The maximum absolute atomic E-state index is 11.8. The molecule has 0 unspecified atom stereocenters. The predicted molar refractivity (Wildman–Crippen MR) is 65.8 cm³/mol. The summed E-state index contributed by atoms with van der Waals surface area (Å²) in [6.07, 6.45) is 5.22. The van der Waals surface area contributed by atoms with Gasteiger partial charge in [0.05, 0.1) is 12.4 Å². The Labute approximate surface area is 101 Å². The quantitative estimate of drug-likeness (QED) is 0.827. The molecule has 17 heavy (non-hydrogen) atoms. The second kappa shape index (κ2) is 5.12. The number of aromatic nitrogens is 2. The highest BCUT2D eigenvalue weighted by Crippen LogP contribution is 2.26. The molecule has 0 radical (unpaired) electrons. The van der Waals surface area contributed by atoms with E-state index < -0.39 is 0 Å². The van der Waals surface area contributed by atoms with Crippen LogP contribution in [0.25, 0.3) is 0 Å². The van der Waals surface area contributed by atoms with Gasteiger partial charge in [0.1, 0.15) is 11.5 Å². The summed E-state index contributed by atoms with van der Waals surface area (Å²) in [7, 11) is 0. The van der Waals surface area contributed by atoms with Crippen LogP contribution in [-0.4, -0.2) is 28.5 Å². The molecule has 1 amide bonds. The van der Waals surface area contributed by atoms with Crippen molar-refractivity contribution in [3.63, 3.8) is 0 Å². The van der Waals surface area contributed by atoms with E-state index in [1.807, 2.05) is 6.92 Å². The van der Waals surface area contributed by atoms with E-state index in [1.165, 1.54) is 6.20 Å². The van der Waals surface area contributed by atoms with Gasteiger partial charge in [-0.05, 0) is 25.7 Å². The summed E-state index contributed by atoms with van der Waals surface area (Å²) >= 11 is 0. The lowest BCUT2D eigenvalue weighted by atomic mass is 9.82. The van der Waals surface area contributed by atoms with Crippen LogP contribution >= 0.6 is 0 Å². The van der Waals surface area contributed by atoms with Crippen LogP contribution in [-0.2, 0) is 0 Å². The van der Waals surface area contributed by atoms with Gasteiger partial charge in [-0.25, -0.2) is 9.97 Å². The van der Waals surface area contributed by atoms with Gasteiger partial charge in [0.2, 0.25) is 0 Å². The summed E-state index contributed by atoms with van der Waals surface area (Å²) in [4.78, 5) is 20.0. The Balaban J connectivity index is 1.90. The molecule has 0 spiro atoms. The molecule has 0 aliphatic heterocycles. The first-order valence-electron chi connectivity index (χ1n) is 6.05. The first-order chi connectivity index (χ1) is 8.19. The average Bonchev–Trinajstić information content (AvgIpc) is 2.28. The Kier molecular flexibility index (Phi) is 3.56. The Morgan fingerprint density at radius 3 is 2.71 bits per heavy atom. The van der Waals surface area contributed by atoms with Crippen LogP contribution in [0.3, 0.4) is 0 Å². The van der Waals surface area contributed by atoms with Gasteiger partial charge < -0.3 is 10.6 Å². The van der Waals surface area contributed by atoms with Gasteiger partial charge in [0, 0.05) is 12.6 Å². The molecule has 92 valence electrons. The van der Waals surface area contributed by atoms with Crippen molar-refractivity contribution < 1.29 is 4.79 Å². The third-order valence-corrected chi connectivity index (χ3v) is 2.95. The maximum Gasteiger partial charge on any atom is 0.271 e. The number of carbonyl (C=O) groups excluding carboxylic acids is 1. The summed E-state index contributed by atoms with van der Waals surface area (Å²) in [5.74, 6) is 1.29.